The third kappa shape index (κ3) is 6.64. The predicted octanol–water partition coefficient (Wildman–Crippen LogP) is 4.37. The summed E-state index contributed by atoms with van der Waals surface area (Å²) in [7, 11) is 0. The molecule has 1 saturated heterocycles. The van der Waals surface area contributed by atoms with Gasteiger partial charge in [0.15, 0.2) is 5.78 Å². The van der Waals surface area contributed by atoms with Gasteiger partial charge < -0.3 is 15.5 Å². The second kappa shape index (κ2) is 10.7. The van der Waals surface area contributed by atoms with Crippen molar-refractivity contribution in [3.63, 3.8) is 0 Å². The highest BCUT2D eigenvalue weighted by atomic mass is 19.1. The highest BCUT2D eigenvalue weighted by molar-refractivity contribution is 5.96. The molecule has 2 aromatic carbocycles. The summed E-state index contributed by atoms with van der Waals surface area (Å²) < 4.78 is 13.6. The Morgan fingerprint density at radius 1 is 1.13 bits per heavy atom. The summed E-state index contributed by atoms with van der Waals surface area (Å²) in [5, 5.41) is 5.62. The summed E-state index contributed by atoms with van der Waals surface area (Å²) in [6.07, 6.45) is 2.86. The number of piperidine rings is 1. The van der Waals surface area contributed by atoms with Crippen LogP contribution in [0.1, 0.15) is 48.5 Å². The molecule has 0 aromatic heterocycles. The van der Waals surface area contributed by atoms with Crippen molar-refractivity contribution in [1.29, 1.82) is 0 Å². The molecule has 0 spiro atoms. The predicted molar refractivity (Wildman–Crippen MR) is 117 cm³/mol. The van der Waals surface area contributed by atoms with E-state index < -0.39 is 0 Å². The van der Waals surface area contributed by atoms with Gasteiger partial charge in [0.25, 0.3) is 0 Å². The number of ketones is 1. The van der Waals surface area contributed by atoms with Crippen molar-refractivity contribution < 1.29 is 18.8 Å². The quantitative estimate of drug-likeness (QED) is 0.647. The van der Waals surface area contributed by atoms with Crippen molar-refractivity contribution in [2.24, 2.45) is 5.92 Å². The van der Waals surface area contributed by atoms with E-state index in [0.717, 1.165) is 12.8 Å². The summed E-state index contributed by atoms with van der Waals surface area (Å²) in [6, 6.07) is 13.1. The number of likely N-dealkylation sites (tertiary alicyclic amines) is 1. The van der Waals surface area contributed by atoms with E-state index in [1.54, 1.807) is 47.4 Å². The molecule has 1 fully saturated rings. The zero-order valence-corrected chi connectivity index (χ0v) is 17.7. The fraction of sp³-hybridized carbons (Fsp3) is 0.375. The molecule has 2 aromatic rings. The van der Waals surface area contributed by atoms with E-state index in [-0.39, 0.29) is 36.0 Å². The first-order valence-electron chi connectivity index (χ1n) is 10.6. The monoisotopic (exact) mass is 425 g/mol. The lowest BCUT2D eigenvalue weighted by Crippen LogP contribution is -2.42. The number of halogens is 1. The zero-order valence-electron chi connectivity index (χ0n) is 17.7. The van der Waals surface area contributed by atoms with Crippen LogP contribution < -0.4 is 10.6 Å². The molecule has 164 valence electrons. The van der Waals surface area contributed by atoms with Crippen LogP contribution in [0.2, 0.25) is 0 Å². The Kier molecular flexibility index (Phi) is 7.76. The zero-order chi connectivity index (χ0) is 22.2. The van der Waals surface area contributed by atoms with E-state index >= 15 is 0 Å². The summed E-state index contributed by atoms with van der Waals surface area (Å²) in [6.45, 7) is 2.90. The number of carbonyl (C=O) groups excluding carboxylic acids is 3. The van der Waals surface area contributed by atoms with Crippen LogP contribution in [-0.2, 0) is 11.3 Å². The van der Waals surface area contributed by atoms with Crippen LogP contribution in [0.3, 0.4) is 0 Å². The lowest BCUT2D eigenvalue weighted by atomic mass is 9.93. The van der Waals surface area contributed by atoms with Crippen LogP contribution in [0.5, 0.6) is 0 Å². The number of anilines is 1. The SMILES string of the molecule is CC(=O)c1cccc(NC(=O)N2CCCC(CCC(=O)NCc3ccccc3F)C2)c1. The molecule has 7 heteroatoms. The van der Waals surface area contributed by atoms with Gasteiger partial charge in [0.2, 0.25) is 5.91 Å². The Labute approximate surface area is 181 Å². The Morgan fingerprint density at radius 3 is 2.71 bits per heavy atom. The molecule has 2 N–H and O–H groups in total. The first kappa shape index (κ1) is 22.5. The summed E-state index contributed by atoms with van der Waals surface area (Å²) in [5.74, 6) is -0.263. The maximum Gasteiger partial charge on any atom is 0.321 e. The Hall–Kier alpha value is -3.22. The highest BCUT2D eigenvalue weighted by Crippen LogP contribution is 2.22. The molecular formula is C24H28FN3O3. The van der Waals surface area contributed by atoms with Crippen molar-refractivity contribution in [2.75, 3.05) is 18.4 Å². The number of hydrogen-bond acceptors (Lipinski definition) is 3. The van der Waals surface area contributed by atoms with Crippen LogP contribution in [0.4, 0.5) is 14.9 Å². The van der Waals surface area contributed by atoms with Crippen molar-refractivity contribution in [3.05, 3.63) is 65.5 Å². The van der Waals surface area contributed by atoms with Gasteiger partial charge >= 0.3 is 6.03 Å². The van der Waals surface area contributed by atoms with E-state index in [0.29, 0.717) is 42.7 Å². The van der Waals surface area contributed by atoms with Crippen LogP contribution in [-0.4, -0.2) is 35.7 Å². The number of amides is 3. The molecule has 0 bridgehead atoms. The molecule has 0 saturated carbocycles. The minimum Gasteiger partial charge on any atom is -0.352 e. The third-order valence-electron chi connectivity index (χ3n) is 5.54. The lowest BCUT2D eigenvalue weighted by Gasteiger charge is -2.32. The minimum absolute atomic E-state index is 0.0533. The van der Waals surface area contributed by atoms with Crippen molar-refractivity contribution >= 4 is 23.4 Å². The number of urea groups is 1. The van der Waals surface area contributed by atoms with Gasteiger partial charge in [-0.05, 0) is 50.3 Å². The van der Waals surface area contributed by atoms with Crippen LogP contribution in [0, 0.1) is 11.7 Å². The molecule has 31 heavy (non-hydrogen) atoms. The normalized spacial score (nSPS) is 15.9. The van der Waals surface area contributed by atoms with Gasteiger partial charge in [-0.2, -0.15) is 0 Å². The Bertz CT molecular complexity index is 947. The standard InChI is InChI=1S/C24H28FN3O3/c1-17(29)19-8-4-9-21(14-19)27-24(31)28-13-5-6-18(16-28)11-12-23(30)26-15-20-7-2-3-10-22(20)25/h2-4,7-10,14,18H,5-6,11-13,15-16H2,1H3,(H,26,30)(H,27,31). The first-order valence-corrected chi connectivity index (χ1v) is 10.6. The van der Waals surface area contributed by atoms with E-state index in [9.17, 15) is 18.8 Å². The number of nitrogens with zero attached hydrogens (tertiary/aromatic N) is 1. The average Bonchev–Trinajstić information content (AvgIpc) is 2.77. The van der Waals surface area contributed by atoms with Gasteiger partial charge in [-0.25, -0.2) is 9.18 Å². The second-order valence-corrected chi connectivity index (χ2v) is 7.93. The first-order chi connectivity index (χ1) is 14.9. The molecule has 1 unspecified atom stereocenters. The summed E-state index contributed by atoms with van der Waals surface area (Å²) >= 11 is 0. The molecule has 1 aliphatic heterocycles. The number of rotatable bonds is 7. The van der Waals surface area contributed by atoms with E-state index in [1.807, 2.05) is 0 Å². The third-order valence-corrected chi connectivity index (χ3v) is 5.54. The van der Waals surface area contributed by atoms with E-state index in [1.165, 1.54) is 13.0 Å². The fourth-order valence-electron chi connectivity index (χ4n) is 3.76. The Balaban J connectivity index is 1.45. The number of nitrogens with one attached hydrogen (secondary N) is 2. The molecule has 0 aliphatic carbocycles. The number of hydrogen-bond donors (Lipinski definition) is 2. The van der Waals surface area contributed by atoms with Crippen LogP contribution >= 0.6 is 0 Å². The summed E-state index contributed by atoms with van der Waals surface area (Å²) in [4.78, 5) is 38.1. The van der Waals surface area contributed by atoms with Crippen molar-refractivity contribution in [1.82, 2.24) is 10.2 Å². The van der Waals surface area contributed by atoms with Gasteiger partial charge in [-0.15, -0.1) is 0 Å². The van der Waals surface area contributed by atoms with Gasteiger partial charge in [-0.1, -0.05) is 30.3 Å². The van der Waals surface area contributed by atoms with Crippen LogP contribution in [0.15, 0.2) is 48.5 Å². The second-order valence-electron chi connectivity index (χ2n) is 7.93. The molecule has 1 heterocycles. The van der Waals surface area contributed by atoms with E-state index in [2.05, 4.69) is 10.6 Å². The molecular weight excluding hydrogens is 397 g/mol. The smallest absolute Gasteiger partial charge is 0.321 e. The molecule has 0 radical (unpaired) electrons. The summed E-state index contributed by atoms with van der Waals surface area (Å²) in [5.41, 5.74) is 1.60. The molecule has 1 aliphatic rings. The largest absolute Gasteiger partial charge is 0.352 e. The molecule has 1 atom stereocenters. The highest BCUT2D eigenvalue weighted by Gasteiger charge is 2.24. The minimum atomic E-state index is -0.328. The van der Waals surface area contributed by atoms with Gasteiger partial charge in [-0.3, -0.25) is 9.59 Å². The van der Waals surface area contributed by atoms with Gasteiger partial charge in [0, 0.05) is 42.9 Å². The number of benzene rings is 2. The Morgan fingerprint density at radius 2 is 1.94 bits per heavy atom. The van der Waals surface area contributed by atoms with Gasteiger partial charge in [0.05, 0.1) is 0 Å². The average molecular weight is 426 g/mol. The maximum absolute atomic E-state index is 13.6. The van der Waals surface area contributed by atoms with Gasteiger partial charge in [0.1, 0.15) is 5.82 Å². The number of carbonyl (C=O) groups is 3. The molecule has 3 rings (SSSR count). The van der Waals surface area contributed by atoms with E-state index in [4.69, 9.17) is 0 Å². The van der Waals surface area contributed by atoms with Crippen molar-refractivity contribution in [2.45, 2.75) is 39.2 Å². The molecule has 6 nitrogen and oxygen atoms in total. The molecule has 3 amide bonds. The van der Waals surface area contributed by atoms with Crippen molar-refractivity contribution in [3.8, 4) is 0 Å². The lowest BCUT2D eigenvalue weighted by molar-refractivity contribution is -0.121. The number of Topliss-reactive ketones (excluding diaryl/α,β-unsaturated/α-hetero) is 1. The topological polar surface area (TPSA) is 78.5 Å². The van der Waals surface area contributed by atoms with Crippen LogP contribution in [0.25, 0.3) is 0 Å². The maximum atomic E-state index is 13.6. The fourth-order valence-corrected chi connectivity index (χ4v) is 3.76.